The van der Waals surface area contributed by atoms with E-state index in [0.717, 1.165) is 11.6 Å². The quantitative estimate of drug-likeness (QED) is 0.825. The van der Waals surface area contributed by atoms with Crippen molar-refractivity contribution in [2.75, 3.05) is 5.32 Å². The first-order valence-corrected chi connectivity index (χ1v) is 5.49. The fourth-order valence-corrected chi connectivity index (χ4v) is 1.84. The highest BCUT2D eigenvalue weighted by atomic mass is 35.5. The van der Waals surface area contributed by atoms with Crippen molar-refractivity contribution in [3.8, 4) is 0 Å². The molecule has 1 atom stereocenters. The lowest BCUT2D eigenvalue weighted by atomic mass is 10.1. The third kappa shape index (κ3) is 2.61. The van der Waals surface area contributed by atoms with Gasteiger partial charge in [-0.1, -0.05) is 24.4 Å². The summed E-state index contributed by atoms with van der Waals surface area (Å²) in [5.41, 5.74) is 0.995. The van der Waals surface area contributed by atoms with Crippen LogP contribution in [0.3, 0.4) is 0 Å². The minimum Gasteiger partial charge on any atom is -0.381 e. The van der Waals surface area contributed by atoms with Gasteiger partial charge in [0.25, 0.3) is 0 Å². The van der Waals surface area contributed by atoms with E-state index >= 15 is 0 Å². The van der Waals surface area contributed by atoms with Crippen LogP contribution in [0.25, 0.3) is 0 Å². The molecular weight excluding hydrogens is 196 g/mol. The number of pyridine rings is 1. The molecule has 1 aromatic rings. The molecule has 2 nitrogen and oxygen atoms in total. The van der Waals surface area contributed by atoms with Gasteiger partial charge in [-0.05, 0) is 25.3 Å². The van der Waals surface area contributed by atoms with E-state index in [1.165, 1.54) is 19.3 Å². The SMILES string of the molecule is CC(CC1CC1)Nc1ccncc1Cl. The number of anilines is 1. The molecular formula is C11H15ClN2. The Hall–Kier alpha value is -0.760. The third-order valence-electron chi connectivity index (χ3n) is 2.56. The van der Waals surface area contributed by atoms with Crippen molar-refractivity contribution >= 4 is 17.3 Å². The number of nitrogens with zero attached hydrogens (tertiary/aromatic N) is 1. The number of hydrogen-bond donors (Lipinski definition) is 1. The molecule has 1 heterocycles. The summed E-state index contributed by atoms with van der Waals surface area (Å²) in [6.45, 7) is 2.20. The van der Waals surface area contributed by atoms with E-state index < -0.39 is 0 Å². The Kier molecular flexibility index (Phi) is 2.92. The lowest BCUT2D eigenvalue weighted by Gasteiger charge is -2.15. The first-order valence-electron chi connectivity index (χ1n) is 5.12. The van der Waals surface area contributed by atoms with Crippen LogP contribution in [-0.2, 0) is 0 Å². The third-order valence-corrected chi connectivity index (χ3v) is 2.86. The molecule has 76 valence electrons. The molecule has 14 heavy (non-hydrogen) atoms. The zero-order valence-electron chi connectivity index (χ0n) is 8.33. The molecule has 1 aliphatic rings. The lowest BCUT2D eigenvalue weighted by Crippen LogP contribution is -2.15. The van der Waals surface area contributed by atoms with Crippen LogP contribution in [0.2, 0.25) is 5.02 Å². The summed E-state index contributed by atoms with van der Waals surface area (Å²) in [4.78, 5) is 3.95. The summed E-state index contributed by atoms with van der Waals surface area (Å²) >= 11 is 6.00. The average Bonchev–Trinajstić information content (AvgIpc) is 2.93. The molecule has 3 heteroatoms. The minimum atomic E-state index is 0.502. The van der Waals surface area contributed by atoms with Crippen LogP contribution in [0.15, 0.2) is 18.5 Å². The van der Waals surface area contributed by atoms with E-state index in [9.17, 15) is 0 Å². The van der Waals surface area contributed by atoms with Gasteiger partial charge in [-0.15, -0.1) is 0 Å². The van der Waals surface area contributed by atoms with Gasteiger partial charge in [-0.2, -0.15) is 0 Å². The normalized spacial score (nSPS) is 17.9. The Morgan fingerprint density at radius 1 is 1.64 bits per heavy atom. The number of aromatic nitrogens is 1. The van der Waals surface area contributed by atoms with Gasteiger partial charge in [-0.3, -0.25) is 4.98 Å². The predicted molar refractivity (Wildman–Crippen MR) is 59.7 cm³/mol. The first kappa shape index (κ1) is 9.78. The topological polar surface area (TPSA) is 24.9 Å². The number of rotatable bonds is 4. The van der Waals surface area contributed by atoms with Gasteiger partial charge >= 0.3 is 0 Å². The molecule has 1 fully saturated rings. The zero-order valence-corrected chi connectivity index (χ0v) is 9.09. The largest absolute Gasteiger partial charge is 0.381 e. The summed E-state index contributed by atoms with van der Waals surface area (Å²) in [7, 11) is 0. The average molecular weight is 211 g/mol. The molecule has 0 spiro atoms. The van der Waals surface area contributed by atoms with Gasteiger partial charge in [0.05, 0.1) is 10.7 Å². The molecule has 0 amide bonds. The lowest BCUT2D eigenvalue weighted by molar-refractivity contribution is 0.642. The molecule has 1 aromatic heterocycles. The van der Waals surface area contributed by atoms with Crippen molar-refractivity contribution in [2.24, 2.45) is 5.92 Å². The molecule has 1 aliphatic carbocycles. The van der Waals surface area contributed by atoms with Crippen LogP contribution in [-0.4, -0.2) is 11.0 Å². The number of halogens is 1. The van der Waals surface area contributed by atoms with Crippen LogP contribution in [0.5, 0.6) is 0 Å². The van der Waals surface area contributed by atoms with E-state index in [0.29, 0.717) is 11.1 Å². The first-order chi connectivity index (χ1) is 6.75. The fourth-order valence-electron chi connectivity index (χ4n) is 1.67. The van der Waals surface area contributed by atoms with Gasteiger partial charge < -0.3 is 5.32 Å². The van der Waals surface area contributed by atoms with Crippen LogP contribution >= 0.6 is 11.6 Å². The van der Waals surface area contributed by atoms with Crippen molar-refractivity contribution in [1.82, 2.24) is 4.98 Å². The van der Waals surface area contributed by atoms with Crippen molar-refractivity contribution in [1.29, 1.82) is 0 Å². The highest BCUT2D eigenvalue weighted by Gasteiger charge is 2.23. The van der Waals surface area contributed by atoms with Gasteiger partial charge in [0.1, 0.15) is 0 Å². The van der Waals surface area contributed by atoms with Gasteiger partial charge in [0, 0.05) is 18.4 Å². The maximum atomic E-state index is 6.00. The molecule has 0 aliphatic heterocycles. The summed E-state index contributed by atoms with van der Waals surface area (Å²) in [6.07, 6.45) is 7.48. The van der Waals surface area contributed by atoms with Crippen molar-refractivity contribution < 1.29 is 0 Å². The van der Waals surface area contributed by atoms with Crippen LogP contribution in [0, 0.1) is 5.92 Å². The molecule has 0 saturated heterocycles. The second kappa shape index (κ2) is 4.18. The van der Waals surface area contributed by atoms with Crippen LogP contribution in [0.1, 0.15) is 26.2 Å². The standard InChI is InChI=1S/C11H15ClN2/c1-8(6-9-2-3-9)14-11-4-5-13-7-10(11)12/h4-5,7-9H,2-3,6H2,1H3,(H,13,14). The Balaban J connectivity index is 1.91. The van der Waals surface area contributed by atoms with Crippen molar-refractivity contribution in [3.63, 3.8) is 0 Å². The van der Waals surface area contributed by atoms with E-state index in [4.69, 9.17) is 11.6 Å². The fraction of sp³-hybridized carbons (Fsp3) is 0.545. The van der Waals surface area contributed by atoms with E-state index in [1.807, 2.05) is 6.07 Å². The van der Waals surface area contributed by atoms with E-state index in [2.05, 4.69) is 17.2 Å². The highest BCUT2D eigenvalue weighted by molar-refractivity contribution is 6.33. The van der Waals surface area contributed by atoms with Crippen molar-refractivity contribution in [2.45, 2.75) is 32.2 Å². The molecule has 0 aromatic carbocycles. The molecule has 1 saturated carbocycles. The van der Waals surface area contributed by atoms with Crippen LogP contribution in [0.4, 0.5) is 5.69 Å². The number of hydrogen-bond acceptors (Lipinski definition) is 2. The Bertz CT molecular complexity index is 310. The zero-order chi connectivity index (χ0) is 9.97. The molecule has 1 N–H and O–H groups in total. The molecule has 2 rings (SSSR count). The highest BCUT2D eigenvalue weighted by Crippen LogP contribution is 2.34. The van der Waals surface area contributed by atoms with Gasteiger partial charge in [-0.25, -0.2) is 0 Å². The second-order valence-electron chi connectivity index (χ2n) is 4.08. The maximum absolute atomic E-state index is 6.00. The Morgan fingerprint density at radius 2 is 2.43 bits per heavy atom. The maximum Gasteiger partial charge on any atom is 0.0820 e. The van der Waals surface area contributed by atoms with Gasteiger partial charge in [0.2, 0.25) is 0 Å². The summed E-state index contributed by atoms with van der Waals surface area (Å²) in [6, 6.07) is 2.42. The molecule has 1 unspecified atom stereocenters. The number of nitrogens with one attached hydrogen (secondary N) is 1. The Morgan fingerprint density at radius 3 is 3.07 bits per heavy atom. The monoisotopic (exact) mass is 210 g/mol. The smallest absolute Gasteiger partial charge is 0.0820 e. The molecule has 0 radical (unpaired) electrons. The summed E-state index contributed by atoms with van der Waals surface area (Å²) in [5, 5.41) is 4.11. The van der Waals surface area contributed by atoms with E-state index in [1.54, 1.807) is 12.4 Å². The van der Waals surface area contributed by atoms with Crippen molar-refractivity contribution in [3.05, 3.63) is 23.5 Å². The predicted octanol–water partition coefficient (Wildman–Crippen LogP) is 3.34. The van der Waals surface area contributed by atoms with Crippen LogP contribution < -0.4 is 5.32 Å². The molecule has 0 bridgehead atoms. The summed E-state index contributed by atoms with van der Waals surface area (Å²) in [5.74, 6) is 0.943. The van der Waals surface area contributed by atoms with E-state index in [-0.39, 0.29) is 0 Å². The Labute approximate surface area is 89.7 Å². The second-order valence-corrected chi connectivity index (χ2v) is 4.49. The minimum absolute atomic E-state index is 0.502. The summed E-state index contributed by atoms with van der Waals surface area (Å²) < 4.78 is 0. The van der Waals surface area contributed by atoms with Gasteiger partial charge in [0.15, 0.2) is 0 Å².